The summed E-state index contributed by atoms with van der Waals surface area (Å²) in [7, 11) is 0. The molecule has 0 saturated carbocycles. The van der Waals surface area contributed by atoms with E-state index in [1.165, 1.54) is 6.07 Å². The molecule has 1 rings (SSSR count). The van der Waals surface area contributed by atoms with E-state index in [-0.39, 0.29) is 17.5 Å². The number of likely N-dealkylation sites (N-methyl/N-ethyl adjacent to an activating group) is 1. The number of benzene rings is 1. The van der Waals surface area contributed by atoms with E-state index in [1.54, 1.807) is 12.1 Å². The maximum atomic E-state index is 13.8. The summed E-state index contributed by atoms with van der Waals surface area (Å²) in [6.45, 7) is 10.4. The molecule has 20 heavy (non-hydrogen) atoms. The van der Waals surface area contributed by atoms with Gasteiger partial charge in [0.1, 0.15) is 5.82 Å². The maximum Gasteiger partial charge on any atom is 0.129 e. The van der Waals surface area contributed by atoms with Crippen LogP contribution in [0.1, 0.15) is 39.4 Å². The molecule has 1 aromatic rings. The summed E-state index contributed by atoms with van der Waals surface area (Å²) in [5.41, 5.74) is 0.405. The predicted molar refractivity (Wildman–Crippen MR) is 79.3 cm³/mol. The molecule has 3 nitrogen and oxygen atoms in total. The molecular formula is C16H26FNO2. The smallest absolute Gasteiger partial charge is 0.129 e. The molecule has 0 heterocycles. The van der Waals surface area contributed by atoms with Gasteiger partial charge in [-0.05, 0) is 33.4 Å². The lowest BCUT2D eigenvalue weighted by atomic mass is 10.1. The van der Waals surface area contributed by atoms with Crippen LogP contribution in [-0.4, -0.2) is 31.9 Å². The Bertz CT molecular complexity index is 390. The van der Waals surface area contributed by atoms with E-state index in [0.717, 1.165) is 6.54 Å². The molecule has 0 aliphatic rings. The zero-order valence-corrected chi connectivity index (χ0v) is 12.9. The van der Waals surface area contributed by atoms with E-state index in [9.17, 15) is 4.39 Å². The molecule has 0 spiro atoms. The van der Waals surface area contributed by atoms with Gasteiger partial charge in [0.2, 0.25) is 0 Å². The zero-order chi connectivity index (χ0) is 15.0. The standard InChI is InChI=1S/C16H26FNO2/c1-5-18-12-15(13-8-6-7-9-14(13)17)19-10-11-20-16(2,3)4/h6-9,15,18H,5,10-12H2,1-4H3. The van der Waals surface area contributed by atoms with Crippen LogP contribution in [0.3, 0.4) is 0 Å². The first-order valence-corrected chi connectivity index (χ1v) is 7.14. The minimum absolute atomic E-state index is 0.182. The summed E-state index contributed by atoms with van der Waals surface area (Å²) in [6.07, 6.45) is -0.292. The van der Waals surface area contributed by atoms with Gasteiger partial charge in [-0.25, -0.2) is 4.39 Å². The Morgan fingerprint density at radius 1 is 1.20 bits per heavy atom. The fourth-order valence-corrected chi connectivity index (χ4v) is 1.81. The van der Waals surface area contributed by atoms with Crippen LogP contribution in [0.4, 0.5) is 4.39 Å². The molecule has 4 heteroatoms. The van der Waals surface area contributed by atoms with E-state index < -0.39 is 0 Å². The Labute approximate surface area is 121 Å². The van der Waals surface area contributed by atoms with Gasteiger partial charge in [-0.2, -0.15) is 0 Å². The summed E-state index contributed by atoms with van der Waals surface area (Å²) in [4.78, 5) is 0. The van der Waals surface area contributed by atoms with Gasteiger partial charge in [-0.15, -0.1) is 0 Å². The number of hydrogen-bond acceptors (Lipinski definition) is 3. The first-order chi connectivity index (χ1) is 9.44. The van der Waals surface area contributed by atoms with Crippen molar-refractivity contribution in [3.8, 4) is 0 Å². The van der Waals surface area contributed by atoms with Crippen LogP contribution in [0.2, 0.25) is 0 Å². The lowest BCUT2D eigenvalue weighted by molar-refractivity contribution is -0.0523. The van der Waals surface area contributed by atoms with E-state index in [4.69, 9.17) is 9.47 Å². The van der Waals surface area contributed by atoms with Gasteiger partial charge in [0.25, 0.3) is 0 Å². The summed E-state index contributed by atoms with van der Waals surface area (Å²) in [6, 6.07) is 6.74. The van der Waals surface area contributed by atoms with E-state index in [2.05, 4.69) is 5.32 Å². The third-order valence-corrected chi connectivity index (χ3v) is 2.77. The maximum absolute atomic E-state index is 13.8. The Balaban J connectivity index is 2.55. The quantitative estimate of drug-likeness (QED) is 0.743. The van der Waals surface area contributed by atoms with Gasteiger partial charge in [-0.3, -0.25) is 0 Å². The highest BCUT2D eigenvalue weighted by molar-refractivity contribution is 5.20. The van der Waals surface area contributed by atoms with Crippen LogP contribution in [0.5, 0.6) is 0 Å². The third kappa shape index (κ3) is 6.46. The molecule has 1 aromatic carbocycles. The van der Waals surface area contributed by atoms with E-state index in [1.807, 2.05) is 33.8 Å². The summed E-state index contributed by atoms with van der Waals surface area (Å²) in [5, 5.41) is 3.20. The Hall–Kier alpha value is -0.970. The number of ether oxygens (including phenoxy) is 2. The monoisotopic (exact) mass is 283 g/mol. The second kappa shape index (κ2) is 8.35. The van der Waals surface area contributed by atoms with Crippen molar-refractivity contribution in [2.75, 3.05) is 26.3 Å². The molecule has 0 aliphatic heterocycles. The van der Waals surface area contributed by atoms with Crippen molar-refractivity contribution in [3.63, 3.8) is 0 Å². The Kier molecular flexibility index (Phi) is 7.13. The number of halogens is 1. The van der Waals surface area contributed by atoms with Crippen molar-refractivity contribution in [1.82, 2.24) is 5.32 Å². The first-order valence-electron chi connectivity index (χ1n) is 7.14. The van der Waals surface area contributed by atoms with Crippen molar-refractivity contribution in [1.29, 1.82) is 0 Å². The fourth-order valence-electron chi connectivity index (χ4n) is 1.81. The van der Waals surface area contributed by atoms with Gasteiger partial charge < -0.3 is 14.8 Å². The zero-order valence-electron chi connectivity index (χ0n) is 12.9. The lowest BCUT2D eigenvalue weighted by Crippen LogP contribution is -2.26. The normalized spacial score (nSPS) is 13.4. The number of rotatable bonds is 8. The molecule has 0 radical (unpaired) electrons. The van der Waals surface area contributed by atoms with Crippen LogP contribution in [0.25, 0.3) is 0 Å². The minimum Gasteiger partial charge on any atom is -0.373 e. The Morgan fingerprint density at radius 3 is 2.50 bits per heavy atom. The fraction of sp³-hybridized carbons (Fsp3) is 0.625. The second-order valence-electron chi connectivity index (χ2n) is 5.65. The molecule has 0 aromatic heterocycles. The minimum atomic E-state index is -0.292. The molecule has 0 fully saturated rings. The molecule has 0 aliphatic carbocycles. The average Bonchev–Trinajstić information content (AvgIpc) is 2.38. The molecule has 114 valence electrons. The molecule has 0 saturated heterocycles. The van der Waals surface area contributed by atoms with Crippen molar-refractivity contribution in [3.05, 3.63) is 35.6 Å². The van der Waals surface area contributed by atoms with Gasteiger partial charge in [0.15, 0.2) is 0 Å². The molecule has 1 N–H and O–H groups in total. The highest BCUT2D eigenvalue weighted by Crippen LogP contribution is 2.20. The third-order valence-electron chi connectivity index (χ3n) is 2.77. The van der Waals surface area contributed by atoms with E-state index >= 15 is 0 Å². The van der Waals surface area contributed by atoms with Gasteiger partial charge >= 0.3 is 0 Å². The number of hydrogen-bond donors (Lipinski definition) is 1. The highest BCUT2D eigenvalue weighted by Gasteiger charge is 2.16. The van der Waals surface area contributed by atoms with Crippen molar-refractivity contribution < 1.29 is 13.9 Å². The molecular weight excluding hydrogens is 257 g/mol. The van der Waals surface area contributed by atoms with Crippen LogP contribution < -0.4 is 5.32 Å². The SMILES string of the molecule is CCNCC(OCCOC(C)(C)C)c1ccccc1F. The second-order valence-corrected chi connectivity index (χ2v) is 5.65. The van der Waals surface area contributed by atoms with Crippen LogP contribution in [0.15, 0.2) is 24.3 Å². The van der Waals surface area contributed by atoms with Gasteiger partial charge in [0, 0.05) is 12.1 Å². The predicted octanol–water partition coefficient (Wildman–Crippen LogP) is 3.31. The van der Waals surface area contributed by atoms with Crippen molar-refractivity contribution in [2.24, 2.45) is 0 Å². The molecule has 1 unspecified atom stereocenters. The van der Waals surface area contributed by atoms with Crippen molar-refractivity contribution >= 4 is 0 Å². The lowest BCUT2D eigenvalue weighted by Gasteiger charge is -2.22. The van der Waals surface area contributed by atoms with Crippen LogP contribution in [0, 0.1) is 5.82 Å². The molecule has 0 bridgehead atoms. The average molecular weight is 283 g/mol. The van der Waals surface area contributed by atoms with E-state index in [0.29, 0.717) is 25.3 Å². The summed E-state index contributed by atoms with van der Waals surface area (Å²) >= 11 is 0. The highest BCUT2D eigenvalue weighted by atomic mass is 19.1. The van der Waals surface area contributed by atoms with Gasteiger partial charge in [0.05, 0.1) is 24.9 Å². The summed E-state index contributed by atoms with van der Waals surface area (Å²) in [5.74, 6) is -0.229. The number of nitrogens with one attached hydrogen (secondary N) is 1. The van der Waals surface area contributed by atoms with Crippen LogP contribution in [-0.2, 0) is 9.47 Å². The largest absolute Gasteiger partial charge is 0.373 e. The Morgan fingerprint density at radius 2 is 1.90 bits per heavy atom. The molecule has 1 atom stereocenters. The first kappa shape index (κ1) is 17.1. The van der Waals surface area contributed by atoms with Crippen LogP contribution >= 0.6 is 0 Å². The topological polar surface area (TPSA) is 30.5 Å². The summed E-state index contributed by atoms with van der Waals surface area (Å²) < 4.78 is 25.2. The van der Waals surface area contributed by atoms with Crippen molar-refractivity contribution in [2.45, 2.75) is 39.4 Å². The van der Waals surface area contributed by atoms with Gasteiger partial charge in [-0.1, -0.05) is 25.1 Å². The molecule has 0 amide bonds.